The summed E-state index contributed by atoms with van der Waals surface area (Å²) in [5, 5.41) is 6.85. The highest BCUT2D eigenvalue weighted by Gasteiger charge is 2.13. The van der Waals surface area contributed by atoms with Gasteiger partial charge in [0.1, 0.15) is 0 Å². The Balaban J connectivity index is 2.21. The van der Waals surface area contributed by atoms with E-state index in [2.05, 4.69) is 10.3 Å². The van der Waals surface area contributed by atoms with E-state index < -0.39 is 0 Å². The summed E-state index contributed by atoms with van der Waals surface area (Å²) in [7, 11) is 3.45. The number of halogens is 1. The highest BCUT2D eigenvalue weighted by atomic mass is 35.5. The Morgan fingerprint density at radius 3 is 2.80 bits per heavy atom. The minimum absolute atomic E-state index is 0.0568. The lowest BCUT2D eigenvalue weighted by molar-refractivity contribution is 0.0828. The number of thiazole rings is 1. The lowest BCUT2D eigenvalue weighted by Crippen LogP contribution is -2.23. The molecular formula is C14H16ClN3OS. The van der Waals surface area contributed by atoms with Crippen LogP contribution < -0.4 is 5.32 Å². The van der Waals surface area contributed by atoms with Crippen molar-refractivity contribution < 1.29 is 4.79 Å². The lowest BCUT2D eigenvalue weighted by atomic mass is 10.1. The van der Waals surface area contributed by atoms with Crippen LogP contribution >= 0.6 is 22.9 Å². The van der Waals surface area contributed by atoms with Crippen molar-refractivity contribution in [2.24, 2.45) is 0 Å². The van der Waals surface area contributed by atoms with E-state index in [1.165, 1.54) is 0 Å². The first-order chi connectivity index (χ1) is 9.47. The number of carbonyl (C=O) groups excluding carboxylic acids is 1. The molecule has 1 N–H and O–H groups in total. The van der Waals surface area contributed by atoms with Gasteiger partial charge in [0.05, 0.1) is 22.8 Å². The van der Waals surface area contributed by atoms with Gasteiger partial charge in [0.2, 0.25) is 0 Å². The predicted molar refractivity (Wildman–Crippen MR) is 83.6 cm³/mol. The van der Waals surface area contributed by atoms with Crippen molar-refractivity contribution in [2.45, 2.75) is 13.5 Å². The van der Waals surface area contributed by atoms with Crippen LogP contribution in [0, 0.1) is 6.92 Å². The van der Waals surface area contributed by atoms with Gasteiger partial charge in [0, 0.05) is 30.2 Å². The molecule has 2 rings (SSSR count). The maximum Gasteiger partial charge on any atom is 0.255 e. The topological polar surface area (TPSA) is 45.2 Å². The molecule has 0 radical (unpaired) electrons. The van der Waals surface area contributed by atoms with Gasteiger partial charge < -0.3 is 10.2 Å². The van der Waals surface area contributed by atoms with Gasteiger partial charge >= 0.3 is 0 Å². The number of amides is 1. The molecule has 1 aromatic heterocycles. The molecule has 0 bridgehead atoms. The SMILES string of the molecule is Cc1nc(CNc2cc(Cl)ccc2C(=O)N(C)C)cs1. The molecule has 20 heavy (non-hydrogen) atoms. The number of aryl methyl sites for hydroxylation is 1. The number of hydrogen-bond acceptors (Lipinski definition) is 4. The molecule has 1 aromatic carbocycles. The summed E-state index contributed by atoms with van der Waals surface area (Å²) in [6.45, 7) is 2.53. The molecule has 0 fully saturated rings. The number of nitrogens with zero attached hydrogens (tertiary/aromatic N) is 2. The van der Waals surface area contributed by atoms with Gasteiger partial charge in [-0.05, 0) is 25.1 Å². The molecular weight excluding hydrogens is 294 g/mol. The summed E-state index contributed by atoms with van der Waals surface area (Å²) < 4.78 is 0. The van der Waals surface area contributed by atoms with E-state index in [1.807, 2.05) is 12.3 Å². The molecule has 4 nitrogen and oxygen atoms in total. The van der Waals surface area contributed by atoms with E-state index in [1.54, 1.807) is 48.5 Å². The molecule has 0 unspecified atom stereocenters. The zero-order valence-corrected chi connectivity index (χ0v) is 13.2. The van der Waals surface area contributed by atoms with E-state index in [0.717, 1.165) is 16.4 Å². The van der Waals surface area contributed by atoms with Crippen molar-refractivity contribution in [3.8, 4) is 0 Å². The Bertz CT molecular complexity index is 625. The van der Waals surface area contributed by atoms with Gasteiger partial charge in [-0.1, -0.05) is 11.6 Å². The van der Waals surface area contributed by atoms with Crippen LogP contribution in [0.5, 0.6) is 0 Å². The molecule has 0 aliphatic heterocycles. The fraction of sp³-hybridized carbons (Fsp3) is 0.286. The molecule has 0 atom stereocenters. The predicted octanol–water partition coefficient (Wildman–Crippen LogP) is 3.42. The van der Waals surface area contributed by atoms with Gasteiger partial charge in [-0.3, -0.25) is 4.79 Å². The average molecular weight is 310 g/mol. The van der Waals surface area contributed by atoms with Crippen molar-refractivity contribution >= 4 is 34.5 Å². The molecule has 2 aromatic rings. The van der Waals surface area contributed by atoms with Crippen molar-refractivity contribution in [1.82, 2.24) is 9.88 Å². The lowest BCUT2D eigenvalue weighted by Gasteiger charge is -2.15. The van der Waals surface area contributed by atoms with Crippen molar-refractivity contribution in [3.63, 3.8) is 0 Å². The zero-order chi connectivity index (χ0) is 14.7. The fourth-order valence-corrected chi connectivity index (χ4v) is 2.55. The molecule has 0 spiro atoms. The molecule has 0 aliphatic rings. The third-order valence-electron chi connectivity index (χ3n) is 2.74. The van der Waals surface area contributed by atoms with Crippen LogP contribution in [0.2, 0.25) is 5.02 Å². The Hall–Kier alpha value is -1.59. The number of benzene rings is 1. The summed E-state index contributed by atoms with van der Waals surface area (Å²) in [4.78, 5) is 18.0. The Kier molecular flexibility index (Phi) is 4.62. The standard InChI is InChI=1S/C14H16ClN3OS/c1-9-17-11(8-20-9)7-16-13-6-10(15)4-5-12(13)14(19)18(2)3/h4-6,8,16H,7H2,1-3H3. The van der Waals surface area contributed by atoms with E-state index >= 15 is 0 Å². The molecule has 1 amide bonds. The van der Waals surface area contributed by atoms with Crippen LogP contribution in [0.15, 0.2) is 23.6 Å². The normalized spacial score (nSPS) is 10.4. The molecule has 0 saturated heterocycles. The smallest absolute Gasteiger partial charge is 0.255 e. The van der Waals surface area contributed by atoms with Gasteiger partial charge in [0.15, 0.2) is 0 Å². The fourth-order valence-electron chi connectivity index (χ4n) is 1.77. The highest BCUT2D eigenvalue weighted by Crippen LogP contribution is 2.23. The minimum atomic E-state index is -0.0568. The number of carbonyl (C=O) groups is 1. The molecule has 1 heterocycles. The van der Waals surface area contributed by atoms with Crippen molar-refractivity contribution in [1.29, 1.82) is 0 Å². The van der Waals surface area contributed by atoms with Crippen LogP contribution in [0.1, 0.15) is 21.1 Å². The summed E-state index contributed by atoms with van der Waals surface area (Å²) in [6.07, 6.45) is 0. The quantitative estimate of drug-likeness (QED) is 0.941. The zero-order valence-electron chi connectivity index (χ0n) is 11.6. The minimum Gasteiger partial charge on any atom is -0.379 e. The van der Waals surface area contributed by atoms with Gasteiger partial charge in [-0.15, -0.1) is 11.3 Å². The largest absolute Gasteiger partial charge is 0.379 e. The van der Waals surface area contributed by atoms with Gasteiger partial charge in [0.25, 0.3) is 5.91 Å². The number of aromatic nitrogens is 1. The Morgan fingerprint density at radius 2 is 2.20 bits per heavy atom. The third kappa shape index (κ3) is 3.49. The Morgan fingerprint density at radius 1 is 1.45 bits per heavy atom. The van der Waals surface area contributed by atoms with E-state index in [0.29, 0.717) is 17.1 Å². The van der Waals surface area contributed by atoms with E-state index in [4.69, 9.17) is 11.6 Å². The summed E-state index contributed by atoms with van der Waals surface area (Å²) in [5.41, 5.74) is 2.28. The van der Waals surface area contributed by atoms with Gasteiger partial charge in [-0.25, -0.2) is 4.98 Å². The van der Waals surface area contributed by atoms with Crippen molar-refractivity contribution in [2.75, 3.05) is 19.4 Å². The second-order valence-electron chi connectivity index (χ2n) is 4.60. The van der Waals surface area contributed by atoms with Crippen LogP contribution in [0.4, 0.5) is 5.69 Å². The highest BCUT2D eigenvalue weighted by molar-refractivity contribution is 7.09. The molecule has 6 heteroatoms. The first-order valence-electron chi connectivity index (χ1n) is 6.13. The number of anilines is 1. The first kappa shape index (κ1) is 14.8. The van der Waals surface area contributed by atoms with Crippen LogP contribution in [-0.4, -0.2) is 29.9 Å². The maximum atomic E-state index is 12.1. The second-order valence-corrected chi connectivity index (χ2v) is 6.10. The van der Waals surface area contributed by atoms with Crippen LogP contribution in [-0.2, 0) is 6.54 Å². The molecule has 106 valence electrons. The number of nitrogens with one attached hydrogen (secondary N) is 1. The second kappa shape index (κ2) is 6.24. The molecule has 0 aliphatic carbocycles. The maximum absolute atomic E-state index is 12.1. The van der Waals surface area contributed by atoms with Crippen molar-refractivity contribution in [3.05, 3.63) is 44.9 Å². The average Bonchev–Trinajstić information content (AvgIpc) is 2.81. The first-order valence-corrected chi connectivity index (χ1v) is 7.39. The third-order valence-corrected chi connectivity index (χ3v) is 3.80. The summed E-state index contributed by atoms with van der Waals surface area (Å²) in [5.74, 6) is -0.0568. The number of hydrogen-bond donors (Lipinski definition) is 1. The van der Waals surface area contributed by atoms with Gasteiger partial charge in [-0.2, -0.15) is 0 Å². The Labute approximate surface area is 127 Å². The van der Waals surface area contributed by atoms with E-state index in [9.17, 15) is 4.79 Å². The summed E-state index contributed by atoms with van der Waals surface area (Å²) in [6, 6.07) is 5.22. The molecule has 0 saturated carbocycles. The number of rotatable bonds is 4. The van der Waals surface area contributed by atoms with Crippen LogP contribution in [0.25, 0.3) is 0 Å². The van der Waals surface area contributed by atoms with Crippen LogP contribution in [0.3, 0.4) is 0 Å². The summed E-state index contributed by atoms with van der Waals surface area (Å²) >= 11 is 7.61. The van der Waals surface area contributed by atoms with E-state index in [-0.39, 0.29) is 5.91 Å². The monoisotopic (exact) mass is 309 g/mol.